The van der Waals surface area contributed by atoms with Gasteiger partial charge in [-0.2, -0.15) is 0 Å². The van der Waals surface area contributed by atoms with Gasteiger partial charge in [0.05, 0.1) is 28.0 Å². The van der Waals surface area contributed by atoms with Crippen LogP contribution in [0.5, 0.6) is 0 Å². The molecule has 31 heavy (non-hydrogen) atoms. The van der Waals surface area contributed by atoms with Crippen LogP contribution in [-0.2, 0) is 4.79 Å². The second-order valence-corrected chi connectivity index (χ2v) is 9.31. The number of nitrogens with zero attached hydrogens (tertiary/aromatic N) is 4. The van der Waals surface area contributed by atoms with Crippen molar-refractivity contribution in [1.82, 2.24) is 19.7 Å². The van der Waals surface area contributed by atoms with Crippen LogP contribution < -0.4 is 0 Å². The number of hydrogen-bond acceptors (Lipinski definition) is 6. The number of thiazole rings is 1. The molecule has 1 aromatic carbocycles. The Morgan fingerprint density at radius 3 is 2.65 bits per heavy atom. The number of amides is 2. The van der Waals surface area contributed by atoms with E-state index in [9.17, 15) is 9.59 Å². The summed E-state index contributed by atoms with van der Waals surface area (Å²) in [5.74, 6) is 0.791. The second kappa shape index (κ2) is 8.80. The molecule has 2 amide bonds. The van der Waals surface area contributed by atoms with Gasteiger partial charge >= 0.3 is 0 Å². The molecular weight excluding hydrogens is 412 g/mol. The molecule has 1 atom stereocenters. The summed E-state index contributed by atoms with van der Waals surface area (Å²) in [6.07, 6.45) is 3.61. The van der Waals surface area contributed by atoms with Crippen LogP contribution in [-0.4, -0.2) is 77.3 Å². The maximum Gasteiger partial charge on any atom is 0.289 e. The first-order valence-electron chi connectivity index (χ1n) is 10.9. The van der Waals surface area contributed by atoms with Gasteiger partial charge in [0.2, 0.25) is 5.91 Å². The third-order valence-electron chi connectivity index (χ3n) is 6.18. The zero-order valence-electron chi connectivity index (χ0n) is 17.4. The van der Waals surface area contributed by atoms with Crippen LogP contribution in [0.4, 0.5) is 0 Å². The summed E-state index contributed by atoms with van der Waals surface area (Å²) in [7, 11) is 0. The van der Waals surface area contributed by atoms with Crippen molar-refractivity contribution in [1.29, 1.82) is 0 Å². The largest absolute Gasteiger partial charge is 0.459 e. The Labute approximate surface area is 185 Å². The van der Waals surface area contributed by atoms with E-state index in [1.54, 1.807) is 28.4 Å². The number of fused-ring (bicyclic) bond motifs is 1. The number of likely N-dealkylation sites (tertiary alicyclic amines) is 1. The van der Waals surface area contributed by atoms with Crippen molar-refractivity contribution < 1.29 is 14.0 Å². The first-order chi connectivity index (χ1) is 15.2. The van der Waals surface area contributed by atoms with Gasteiger partial charge in [0, 0.05) is 45.2 Å². The van der Waals surface area contributed by atoms with Crippen LogP contribution in [0.25, 0.3) is 10.2 Å². The van der Waals surface area contributed by atoms with Gasteiger partial charge in [-0.25, -0.2) is 4.98 Å². The average Bonchev–Trinajstić information content (AvgIpc) is 3.49. The zero-order valence-corrected chi connectivity index (χ0v) is 18.2. The third kappa shape index (κ3) is 4.36. The molecule has 1 unspecified atom stereocenters. The Balaban J connectivity index is 1.15. The van der Waals surface area contributed by atoms with Crippen LogP contribution >= 0.6 is 11.3 Å². The van der Waals surface area contributed by atoms with E-state index in [1.807, 2.05) is 17.0 Å². The highest BCUT2D eigenvalue weighted by atomic mass is 32.1. The maximum absolute atomic E-state index is 13.0. The van der Waals surface area contributed by atoms with Gasteiger partial charge in [-0.15, -0.1) is 11.3 Å². The van der Waals surface area contributed by atoms with Gasteiger partial charge in [0.1, 0.15) is 0 Å². The molecule has 0 spiro atoms. The lowest BCUT2D eigenvalue weighted by Gasteiger charge is -2.36. The fraction of sp³-hybridized carbons (Fsp3) is 0.435. The third-order valence-corrected chi connectivity index (χ3v) is 7.38. The monoisotopic (exact) mass is 438 g/mol. The fourth-order valence-corrected chi connectivity index (χ4v) is 5.52. The molecular formula is C23H26N4O3S. The van der Waals surface area contributed by atoms with Crippen molar-refractivity contribution >= 4 is 33.4 Å². The number of rotatable bonds is 4. The number of hydrogen-bond donors (Lipinski definition) is 0. The van der Waals surface area contributed by atoms with E-state index in [0.717, 1.165) is 36.5 Å². The molecule has 0 aliphatic carbocycles. The Morgan fingerprint density at radius 1 is 1.03 bits per heavy atom. The van der Waals surface area contributed by atoms with Crippen molar-refractivity contribution in [2.75, 3.05) is 45.8 Å². The van der Waals surface area contributed by atoms with Gasteiger partial charge in [-0.05, 0) is 37.1 Å². The molecule has 5 rings (SSSR count). The lowest BCUT2D eigenvalue weighted by Crippen LogP contribution is -2.52. The molecule has 0 radical (unpaired) electrons. The molecule has 2 aliphatic heterocycles. The zero-order chi connectivity index (χ0) is 21.2. The van der Waals surface area contributed by atoms with E-state index in [0.29, 0.717) is 44.4 Å². The summed E-state index contributed by atoms with van der Waals surface area (Å²) in [5, 5.41) is 1.14. The number of piperidine rings is 1. The van der Waals surface area contributed by atoms with E-state index >= 15 is 0 Å². The Kier molecular flexibility index (Phi) is 5.74. The Morgan fingerprint density at radius 2 is 1.87 bits per heavy atom. The van der Waals surface area contributed by atoms with E-state index in [2.05, 4.69) is 17.0 Å². The summed E-state index contributed by atoms with van der Waals surface area (Å²) in [6.45, 7) is 4.60. The van der Waals surface area contributed by atoms with Crippen LogP contribution in [0.2, 0.25) is 0 Å². The van der Waals surface area contributed by atoms with Crippen LogP contribution in [0, 0.1) is 0 Å². The predicted molar refractivity (Wildman–Crippen MR) is 119 cm³/mol. The molecule has 7 nitrogen and oxygen atoms in total. The molecule has 0 bridgehead atoms. The lowest BCUT2D eigenvalue weighted by molar-refractivity contribution is -0.134. The summed E-state index contributed by atoms with van der Waals surface area (Å²) in [6, 6.07) is 11.6. The van der Waals surface area contributed by atoms with Gasteiger partial charge in [-0.3, -0.25) is 14.5 Å². The number of furan rings is 1. The number of carbonyl (C=O) groups excluding carboxylic acids is 2. The normalized spacial score (nSPS) is 20.3. The van der Waals surface area contributed by atoms with Crippen molar-refractivity contribution in [2.24, 2.45) is 0 Å². The first kappa shape index (κ1) is 20.2. The minimum atomic E-state index is -0.0781. The molecule has 0 N–H and O–H groups in total. The Hall–Kier alpha value is -2.71. The quantitative estimate of drug-likeness (QED) is 0.626. The SMILES string of the molecule is O=C(CN1CCN(C(=O)c2ccco2)CC1)N1CCCC(c2nc3ccccc3s2)C1. The van der Waals surface area contributed by atoms with E-state index in [1.165, 1.54) is 11.0 Å². The number of piperazine rings is 1. The fourth-order valence-electron chi connectivity index (χ4n) is 4.43. The molecule has 0 saturated carbocycles. The standard InChI is InChI=1S/C23H26N4O3S/c28-21(16-25-10-12-26(13-11-25)23(29)19-7-4-14-30-19)27-9-3-5-17(15-27)22-24-18-6-1-2-8-20(18)31-22/h1-2,4,6-8,14,17H,3,5,9-13,15-16H2. The van der Waals surface area contributed by atoms with Crippen molar-refractivity contribution in [2.45, 2.75) is 18.8 Å². The minimum Gasteiger partial charge on any atom is -0.459 e. The highest BCUT2D eigenvalue weighted by Crippen LogP contribution is 2.33. The number of aromatic nitrogens is 1. The summed E-state index contributed by atoms with van der Waals surface area (Å²) in [5.41, 5.74) is 1.05. The second-order valence-electron chi connectivity index (χ2n) is 8.24. The van der Waals surface area contributed by atoms with E-state index in [-0.39, 0.29) is 11.8 Å². The minimum absolute atomic E-state index is 0.0781. The smallest absolute Gasteiger partial charge is 0.289 e. The molecule has 2 aliphatic rings. The predicted octanol–water partition coefficient (Wildman–Crippen LogP) is 3.05. The number of para-hydroxylation sites is 1. The van der Waals surface area contributed by atoms with Crippen molar-refractivity contribution in [3.63, 3.8) is 0 Å². The summed E-state index contributed by atoms with van der Waals surface area (Å²) >= 11 is 1.75. The number of benzene rings is 1. The molecule has 3 aromatic rings. The summed E-state index contributed by atoms with van der Waals surface area (Å²) in [4.78, 5) is 36.2. The van der Waals surface area contributed by atoms with Crippen LogP contribution in [0.3, 0.4) is 0 Å². The summed E-state index contributed by atoms with van der Waals surface area (Å²) < 4.78 is 6.43. The average molecular weight is 439 g/mol. The molecule has 162 valence electrons. The van der Waals surface area contributed by atoms with E-state index in [4.69, 9.17) is 9.40 Å². The highest BCUT2D eigenvalue weighted by molar-refractivity contribution is 7.18. The highest BCUT2D eigenvalue weighted by Gasteiger charge is 2.29. The molecule has 2 aromatic heterocycles. The molecule has 2 saturated heterocycles. The first-order valence-corrected chi connectivity index (χ1v) is 11.7. The maximum atomic E-state index is 13.0. The van der Waals surface area contributed by atoms with Gasteiger partial charge in [-0.1, -0.05) is 12.1 Å². The molecule has 8 heteroatoms. The Bertz CT molecular complexity index is 1020. The van der Waals surface area contributed by atoms with Crippen molar-refractivity contribution in [3.8, 4) is 0 Å². The molecule has 4 heterocycles. The van der Waals surface area contributed by atoms with Gasteiger partial charge in [0.25, 0.3) is 5.91 Å². The van der Waals surface area contributed by atoms with E-state index < -0.39 is 0 Å². The lowest BCUT2D eigenvalue weighted by atomic mass is 9.98. The van der Waals surface area contributed by atoms with Crippen LogP contribution in [0.1, 0.15) is 34.3 Å². The van der Waals surface area contributed by atoms with Crippen molar-refractivity contribution in [3.05, 3.63) is 53.4 Å². The van der Waals surface area contributed by atoms with Gasteiger partial charge < -0.3 is 14.2 Å². The van der Waals surface area contributed by atoms with Gasteiger partial charge in [0.15, 0.2) is 5.76 Å². The molecule has 2 fully saturated rings. The number of carbonyl (C=O) groups is 2. The topological polar surface area (TPSA) is 69.9 Å². The van der Waals surface area contributed by atoms with Crippen LogP contribution in [0.15, 0.2) is 47.1 Å².